The van der Waals surface area contributed by atoms with Crippen molar-refractivity contribution >= 4 is 28.9 Å². The van der Waals surface area contributed by atoms with Crippen molar-refractivity contribution < 1.29 is 9.72 Å². The van der Waals surface area contributed by atoms with Crippen LogP contribution in [0.3, 0.4) is 0 Å². The summed E-state index contributed by atoms with van der Waals surface area (Å²) in [5.41, 5.74) is 2.54. The van der Waals surface area contributed by atoms with E-state index >= 15 is 0 Å². The number of nitrogens with one attached hydrogen (secondary N) is 1. The molecule has 0 unspecified atom stereocenters. The molecule has 6 heteroatoms. The standard InChI is InChI=1S/C23H23ClN2O3/c24-21-10-19(26(28)29)5-6-20(21)22(27)25-18-3-1-17(2-4-18)23-11-14-7-15(12-23)9-16(8-14)13-23/h1-6,10,14-16H,7-9,11-13H2,(H,25,27). The molecule has 0 radical (unpaired) electrons. The van der Waals surface area contributed by atoms with Crippen LogP contribution in [0.25, 0.3) is 0 Å². The number of amides is 1. The molecule has 0 atom stereocenters. The Morgan fingerprint density at radius 2 is 1.59 bits per heavy atom. The van der Waals surface area contributed by atoms with Gasteiger partial charge in [0.05, 0.1) is 15.5 Å². The maximum absolute atomic E-state index is 12.6. The Hall–Kier alpha value is -2.40. The predicted molar refractivity (Wildman–Crippen MR) is 112 cm³/mol. The molecular weight excluding hydrogens is 388 g/mol. The van der Waals surface area contributed by atoms with Crippen LogP contribution in [0.4, 0.5) is 11.4 Å². The first-order valence-electron chi connectivity index (χ1n) is 10.3. The molecule has 0 heterocycles. The van der Waals surface area contributed by atoms with E-state index in [1.165, 1.54) is 62.3 Å². The monoisotopic (exact) mass is 410 g/mol. The zero-order valence-electron chi connectivity index (χ0n) is 16.1. The minimum Gasteiger partial charge on any atom is -0.322 e. The van der Waals surface area contributed by atoms with Crippen LogP contribution >= 0.6 is 11.6 Å². The van der Waals surface area contributed by atoms with Gasteiger partial charge in [0.1, 0.15) is 0 Å². The zero-order chi connectivity index (χ0) is 20.2. The van der Waals surface area contributed by atoms with Gasteiger partial charge >= 0.3 is 0 Å². The number of carbonyl (C=O) groups is 1. The average molecular weight is 411 g/mol. The predicted octanol–water partition coefficient (Wildman–Crippen LogP) is 5.97. The fraction of sp³-hybridized carbons (Fsp3) is 0.435. The van der Waals surface area contributed by atoms with E-state index in [4.69, 9.17) is 11.6 Å². The second kappa shape index (κ2) is 6.84. The van der Waals surface area contributed by atoms with Crippen molar-refractivity contribution in [2.75, 3.05) is 5.32 Å². The third-order valence-electron chi connectivity index (χ3n) is 7.20. The van der Waals surface area contributed by atoms with Crippen LogP contribution in [-0.2, 0) is 5.41 Å². The first-order valence-corrected chi connectivity index (χ1v) is 10.7. The highest BCUT2D eigenvalue weighted by atomic mass is 35.5. The fourth-order valence-electron chi connectivity index (χ4n) is 6.37. The van der Waals surface area contributed by atoms with E-state index in [-0.39, 0.29) is 22.2 Å². The highest BCUT2D eigenvalue weighted by molar-refractivity contribution is 6.34. The van der Waals surface area contributed by atoms with Gasteiger partial charge in [-0.05, 0) is 85.5 Å². The van der Waals surface area contributed by atoms with E-state index in [9.17, 15) is 14.9 Å². The summed E-state index contributed by atoms with van der Waals surface area (Å²) in [5, 5.41) is 13.8. The van der Waals surface area contributed by atoms with Gasteiger partial charge in [-0.25, -0.2) is 0 Å². The van der Waals surface area contributed by atoms with Crippen LogP contribution in [-0.4, -0.2) is 10.8 Å². The van der Waals surface area contributed by atoms with Gasteiger partial charge in [0.2, 0.25) is 0 Å². The van der Waals surface area contributed by atoms with Gasteiger partial charge in [-0.1, -0.05) is 23.7 Å². The van der Waals surface area contributed by atoms with Gasteiger partial charge in [0, 0.05) is 17.8 Å². The van der Waals surface area contributed by atoms with E-state index in [0.717, 1.165) is 17.8 Å². The highest BCUT2D eigenvalue weighted by Gasteiger charge is 2.51. The summed E-state index contributed by atoms with van der Waals surface area (Å²) in [6, 6.07) is 12.1. The Morgan fingerprint density at radius 1 is 1.00 bits per heavy atom. The molecule has 0 aliphatic heterocycles. The van der Waals surface area contributed by atoms with E-state index in [1.54, 1.807) is 0 Å². The molecule has 29 heavy (non-hydrogen) atoms. The average Bonchev–Trinajstić information content (AvgIpc) is 2.67. The Balaban J connectivity index is 1.32. The summed E-state index contributed by atoms with van der Waals surface area (Å²) in [5.74, 6) is 2.31. The van der Waals surface area contributed by atoms with Crippen molar-refractivity contribution in [3.05, 3.63) is 68.7 Å². The third kappa shape index (κ3) is 3.31. The largest absolute Gasteiger partial charge is 0.322 e. The summed E-state index contributed by atoms with van der Waals surface area (Å²) in [7, 11) is 0. The van der Waals surface area contributed by atoms with Crippen molar-refractivity contribution in [3.8, 4) is 0 Å². The molecule has 4 bridgehead atoms. The lowest BCUT2D eigenvalue weighted by Crippen LogP contribution is -2.48. The van der Waals surface area contributed by atoms with Gasteiger partial charge < -0.3 is 5.32 Å². The topological polar surface area (TPSA) is 72.2 Å². The Bertz CT molecular complexity index is 951. The lowest BCUT2D eigenvalue weighted by atomic mass is 9.48. The number of nitro groups is 1. The number of halogens is 1. The molecule has 1 amide bonds. The number of anilines is 1. The van der Waals surface area contributed by atoms with Gasteiger partial charge in [0.15, 0.2) is 0 Å². The van der Waals surface area contributed by atoms with E-state index < -0.39 is 4.92 Å². The van der Waals surface area contributed by atoms with Gasteiger partial charge in [-0.3, -0.25) is 14.9 Å². The SMILES string of the molecule is O=C(Nc1ccc(C23CC4CC(CC(C4)C2)C3)cc1)c1ccc([N+](=O)[O-])cc1Cl. The Kier molecular flexibility index (Phi) is 4.39. The lowest BCUT2D eigenvalue weighted by Gasteiger charge is -2.57. The molecular formula is C23H23ClN2O3. The number of nitrogens with zero attached hydrogens (tertiary/aromatic N) is 1. The maximum atomic E-state index is 12.6. The summed E-state index contributed by atoms with van der Waals surface area (Å²) in [4.78, 5) is 22.9. The van der Waals surface area contributed by atoms with Crippen LogP contribution in [0.1, 0.15) is 54.4 Å². The van der Waals surface area contributed by atoms with Gasteiger partial charge in [-0.15, -0.1) is 0 Å². The number of nitro benzene ring substituents is 1. The fourth-order valence-corrected chi connectivity index (χ4v) is 6.63. The van der Waals surface area contributed by atoms with Gasteiger partial charge in [0.25, 0.3) is 11.6 Å². The quantitative estimate of drug-likeness (QED) is 0.498. The molecule has 150 valence electrons. The number of hydrogen-bond donors (Lipinski definition) is 1. The molecule has 0 spiro atoms. The van der Waals surface area contributed by atoms with E-state index in [2.05, 4.69) is 17.4 Å². The van der Waals surface area contributed by atoms with Crippen LogP contribution in [0, 0.1) is 27.9 Å². The number of hydrogen-bond acceptors (Lipinski definition) is 3. The summed E-state index contributed by atoms with van der Waals surface area (Å²) < 4.78 is 0. The second-order valence-corrected chi connectivity index (χ2v) is 9.56. The van der Waals surface area contributed by atoms with E-state index in [0.29, 0.717) is 11.1 Å². The molecule has 5 nitrogen and oxygen atoms in total. The van der Waals surface area contributed by atoms with Gasteiger partial charge in [-0.2, -0.15) is 0 Å². The molecule has 6 rings (SSSR count). The molecule has 2 aromatic carbocycles. The smallest absolute Gasteiger partial charge is 0.270 e. The van der Waals surface area contributed by atoms with Crippen LogP contribution in [0.15, 0.2) is 42.5 Å². The number of non-ortho nitro benzene ring substituents is 1. The second-order valence-electron chi connectivity index (χ2n) is 9.15. The van der Waals surface area contributed by atoms with Crippen molar-refractivity contribution in [3.63, 3.8) is 0 Å². The van der Waals surface area contributed by atoms with Crippen molar-refractivity contribution in [2.24, 2.45) is 17.8 Å². The third-order valence-corrected chi connectivity index (χ3v) is 7.51. The van der Waals surface area contributed by atoms with Crippen LogP contribution < -0.4 is 5.32 Å². The minimum absolute atomic E-state index is 0.0712. The number of rotatable bonds is 4. The van der Waals surface area contributed by atoms with Crippen molar-refractivity contribution in [2.45, 2.75) is 43.9 Å². The number of carbonyl (C=O) groups excluding carboxylic acids is 1. The van der Waals surface area contributed by atoms with Crippen LogP contribution in [0.2, 0.25) is 5.02 Å². The molecule has 4 fully saturated rings. The molecule has 0 aromatic heterocycles. The van der Waals surface area contributed by atoms with Crippen molar-refractivity contribution in [1.82, 2.24) is 0 Å². The normalized spacial score (nSPS) is 29.6. The first-order chi connectivity index (χ1) is 13.9. The minimum atomic E-state index is -0.531. The summed E-state index contributed by atoms with van der Waals surface area (Å²) in [6.45, 7) is 0. The lowest BCUT2D eigenvalue weighted by molar-refractivity contribution is -0.384. The zero-order valence-corrected chi connectivity index (χ0v) is 16.8. The Morgan fingerprint density at radius 3 is 2.10 bits per heavy atom. The summed E-state index contributed by atoms with van der Waals surface area (Å²) in [6.07, 6.45) is 8.19. The molecule has 0 saturated heterocycles. The van der Waals surface area contributed by atoms with Crippen molar-refractivity contribution in [1.29, 1.82) is 0 Å². The molecule has 4 aliphatic carbocycles. The first kappa shape index (κ1) is 18.6. The molecule has 2 aromatic rings. The molecule has 4 aliphatic rings. The van der Waals surface area contributed by atoms with E-state index in [1.807, 2.05) is 12.1 Å². The molecule has 1 N–H and O–H groups in total. The maximum Gasteiger partial charge on any atom is 0.270 e. The Labute approximate surface area is 174 Å². The summed E-state index contributed by atoms with van der Waals surface area (Å²) >= 11 is 6.07. The highest BCUT2D eigenvalue weighted by Crippen LogP contribution is 2.60. The molecule has 4 saturated carbocycles. The number of benzene rings is 2. The van der Waals surface area contributed by atoms with Crippen LogP contribution in [0.5, 0.6) is 0 Å².